The van der Waals surface area contributed by atoms with Gasteiger partial charge in [0.2, 0.25) is 5.43 Å². The molecule has 6 aromatic rings. The molecule has 8 rings (SSSR count). The molecule has 0 aliphatic heterocycles. The largest absolute Gasteiger partial charge is 0.488 e. The van der Waals surface area contributed by atoms with Gasteiger partial charge in [0.25, 0.3) is 10.1 Å². The molecule has 2 fully saturated rings. The molecule has 3 aromatic carbocycles. The molecule has 57 heavy (non-hydrogen) atoms. The average Bonchev–Trinajstić information content (AvgIpc) is 3.69. The van der Waals surface area contributed by atoms with Crippen molar-refractivity contribution in [3.8, 4) is 28.1 Å². The van der Waals surface area contributed by atoms with Crippen LogP contribution >= 0.6 is 0 Å². The maximum atomic E-state index is 15.0. The Bertz CT molecular complexity index is 2750. The van der Waals surface area contributed by atoms with Crippen molar-refractivity contribution in [2.45, 2.75) is 66.0 Å². The van der Waals surface area contributed by atoms with Gasteiger partial charge < -0.3 is 14.9 Å². The van der Waals surface area contributed by atoms with Crippen LogP contribution in [0.15, 0.2) is 76.2 Å². The maximum absolute atomic E-state index is 15.0. The Morgan fingerprint density at radius 3 is 2.35 bits per heavy atom. The summed E-state index contributed by atoms with van der Waals surface area (Å²) in [7, 11) is -4.08. The molecule has 3 heterocycles. The smallest absolute Gasteiger partial charge is 0.265 e. The molecular weight excluding hydrogens is 764 g/mol. The molecule has 0 spiro atoms. The summed E-state index contributed by atoms with van der Waals surface area (Å²) in [6.45, 7) is 9.17. The lowest BCUT2D eigenvalue weighted by Gasteiger charge is -2.35. The molecule has 16 heteroatoms. The number of rotatable bonds is 8. The molecule has 3 aromatic heterocycles. The first kappa shape index (κ1) is 39.6. The summed E-state index contributed by atoms with van der Waals surface area (Å²) >= 11 is 0. The standard InChI is InChI=1S/C31H24F3N5O3.C10H16O4S/c1-15(2)41-22-11-10-18(13-21(22)34)27-26-30(35)36-14-37-31(26)39(38-27)16(3)29-24(17-6-4-7-19(32)12-17)28(40)25-20(33)8-5-9-23(25)42-29;1-9(2)7-3-4-10(9,8(11)5-7)6-15(12,13)14/h4-16H,1-3H3,(H2,35,36,37);7H,3-6H2,1-2H3,(H,12,13,14). The van der Waals surface area contributed by atoms with Crippen LogP contribution in [0.5, 0.6) is 5.75 Å². The van der Waals surface area contributed by atoms with Crippen LogP contribution in [0.1, 0.15) is 65.7 Å². The topological polar surface area (TPSA) is 180 Å². The number of carbonyl (C=O) groups is 1. The summed E-state index contributed by atoms with van der Waals surface area (Å²) in [5, 5.41) is 4.81. The zero-order chi connectivity index (χ0) is 41.2. The van der Waals surface area contributed by atoms with E-state index in [1.165, 1.54) is 59.5 Å². The van der Waals surface area contributed by atoms with Crippen molar-refractivity contribution < 1.29 is 40.1 Å². The fourth-order valence-electron chi connectivity index (χ4n) is 8.42. The monoisotopic (exact) mass is 803 g/mol. The third kappa shape index (κ3) is 6.94. The fraction of sp³-hybridized carbons (Fsp3) is 0.341. The number of carbonyl (C=O) groups excluding carboxylic acids is 1. The number of aromatic nitrogens is 4. The highest BCUT2D eigenvalue weighted by molar-refractivity contribution is 7.85. The lowest BCUT2D eigenvalue weighted by molar-refractivity contribution is -0.128. The highest BCUT2D eigenvalue weighted by Crippen LogP contribution is 2.64. The molecule has 298 valence electrons. The van der Waals surface area contributed by atoms with Crippen molar-refractivity contribution in [3.63, 3.8) is 0 Å². The highest BCUT2D eigenvalue weighted by Gasteiger charge is 2.65. The lowest BCUT2D eigenvalue weighted by atomic mass is 9.70. The molecule has 3 atom stereocenters. The molecule has 3 N–H and O–H groups in total. The van der Waals surface area contributed by atoms with Gasteiger partial charge in [0.1, 0.15) is 58.0 Å². The minimum absolute atomic E-state index is 0.00985. The molecular formula is C41H40F3N5O7S. The second-order valence-electron chi connectivity index (χ2n) is 15.4. The number of hydrogen-bond donors (Lipinski definition) is 2. The number of Topliss-reactive ketones (excluding diaryl/α,β-unsaturated/α-hetero) is 1. The molecule has 0 radical (unpaired) electrons. The molecule has 2 aliphatic carbocycles. The van der Waals surface area contributed by atoms with Gasteiger partial charge in [-0.05, 0) is 93.0 Å². The second kappa shape index (κ2) is 14.4. The zero-order valence-corrected chi connectivity index (χ0v) is 32.5. The summed E-state index contributed by atoms with van der Waals surface area (Å²) in [6.07, 6.45) is 3.00. The van der Waals surface area contributed by atoms with Gasteiger partial charge in [-0.3, -0.25) is 14.1 Å². The van der Waals surface area contributed by atoms with Crippen LogP contribution in [0, 0.1) is 34.2 Å². The second-order valence-corrected chi connectivity index (χ2v) is 16.9. The van der Waals surface area contributed by atoms with Crippen LogP contribution in [0.3, 0.4) is 0 Å². The molecule has 2 saturated carbocycles. The molecule has 12 nitrogen and oxygen atoms in total. The Labute approximate surface area is 325 Å². The number of hydrogen-bond acceptors (Lipinski definition) is 10. The summed E-state index contributed by atoms with van der Waals surface area (Å²) in [5.41, 5.74) is 5.58. The Kier molecular flexibility index (Phi) is 10.0. The highest BCUT2D eigenvalue weighted by atomic mass is 32.2. The number of anilines is 1. The summed E-state index contributed by atoms with van der Waals surface area (Å²) < 4.78 is 88.3. The van der Waals surface area contributed by atoms with Crippen LogP contribution < -0.4 is 15.9 Å². The van der Waals surface area contributed by atoms with E-state index in [0.29, 0.717) is 23.8 Å². The number of ether oxygens (including phenoxy) is 1. The van der Waals surface area contributed by atoms with Crippen molar-refractivity contribution >= 4 is 43.7 Å². The molecule has 2 aliphatic rings. The predicted molar refractivity (Wildman–Crippen MR) is 208 cm³/mol. The van der Waals surface area contributed by atoms with E-state index in [-0.39, 0.29) is 74.0 Å². The molecule has 0 amide bonds. The lowest BCUT2D eigenvalue weighted by Crippen LogP contribution is -2.42. The minimum Gasteiger partial charge on any atom is -0.488 e. The van der Waals surface area contributed by atoms with Crippen LogP contribution in [0.4, 0.5) is 19.0 Å². The van der Waals surface area contributed by atoms with Crippen molar-refractivity contribution in [3.05, 3.63) is 100 Å². The minimum atomic E-state index is -4.08. The first-order valence-corrected chi connectivity index (χ1v) is 19.9. The van der Waals surface area contributed by atoms with Gasteiger partial charge in [0, 0.05) is 12.0 Å². The van der Waals surface area contributed by atoms with Crippen LogP contribution in [0.25, 0.3) is 44.4 Å². The van der Waals surface area contributed by atoms with Crippen molar-refractivity contribution in [1.82, 2.24) is 19.7 Å². The predicted octanol–water partition coefficient (Wildman–Crippen LogP) is 7.93. The summed E-state index contributed by atoms with van der Waals surface area (Å²) in [4.78, 5) is 34.1. The van der Waals surface area contributed by atoms with Gasteiger partial charge in [0.05, 0.1) is 28.2 Å². The third-order valence-electron chi connectivity index (χ3n) is 11.4. The van der Waals surface area contributed by atoms with Crippen molar-refractivity contribution in [1.29, 1.82) is 0 Å². The van der Waals surface area contributed by atoms with E-state index in [1.807, 2.05) is 13.8 Å². The van der Waals surface area contributed by atoms with E-state index in [4.69, 9.17) is 24.5 Å². The number of nitrogens with two attached hydrogens (primary N) is 1. The Balaban J connectivity index is 0.000000277. The third-order valence-corrected chi connectivity index (χ3v) is 12.3. The van der Waals surface area contributed by atoms with Crippen LogP contribution in [0.2, 0.25) is 0 Å². The van der Waals surface area contributed by atoms with E-state index in [0.717, 1.165) is 12.5 Å². The van der Waals surface area contributed by atoms with Crippen LogP contribution in [-0.2, 0) is 14.9 Å². The summed E-state index contributed by atoms with van der Waals surface area (Å²) in [6, 6.07) is 13.0. The number of nitrogens with zero attached hydrogens (tertiary/aromatic N) is 4. The van der Waals surface area contributed by atoms with Gasteiger partial charge >= 0.3 is 0 Å². The van der Waals surface area contributed by atoms with E-state index >= 15 is 0 Å². The van der Waals surface area contributed by atoms with Gasteiger partial charge in [0.15, 0.2) is 17.2 Å². The number of fused-ring (bicyclic) bond motifs is 4. The molecule has 2 bridgehead atoms. The van der Waals surface area contributed by atoms with Gasteiger partial charge in [-0.25, -0.2) is 27.8 Å². The Morgan fingerprint density at radius 2 is 1.72 bits per heavy atom. The number of benzene rings is 3. The SMILES string of the molecule is CC(C)Oc1ccc(-c2nn(C(C)c3oc4cccc(F)c4c(=O)c3-c3cccc(F)c3)c3ncnc(N)c23)cc1F.CC1(C)C2CCC1(CS(=O)(=O)O)C(=O)C2. The van der Waals surface area contributed by atoms with Crippen molar-refractivity contribution in [2.24, 2.45) is 16.7 Å². The first-order valence-electron chi connectivity index (χ1n) is 18.3. The number of ketones is 1. The number of halogens is 3. The zero-order valence-electron chi connectivity index (χ0n) is 31.7. The average molecular weight is 804 g/mol. The van der Waals surface area contributed by atoms with E-state index in [9.17, 15) is 31.2 Å². The van der Waals surface area contributed by atoms with E-state index in [1.54, 1.807) is 26.8 Å². The van der Waals surface area contributed by atoms with E-state index < -0.39 is 50.2 Å². The van der Waals surface area contributed by atoms with Crippen molar-refractivity contribution in [2.75, 3.05) is 11.5 Å². The maximum Gasteiger partial charge on any atom is 0.265 e. The normalized spacial score (nSPS) is 19.3. The first-order chi connectivity index (χ1) is 26.8. The van der Waals surface area contributed by atoms with Gasteiger partial charge in [-0.1, -0.05) is 32.0 Å². The summed E-state index contributed by atoms with van der Waals surface area (Å²) in [5.74, 6) is -1.78. The van der Waals surface area contributed by atoms with Gasteiger partial charge in [-0.15, -0.1) is 0 Å². The van der Waals surface area contributed by atoms with Crippen LogP contribution in [-0.4, -0.2) is 50.4 Å². The molecule has 3 unspecified atom stereocenters. The van der Waals surface area contributed by atoms with Gasteiger partial charge in [-0.2, -0.15) is 13.5 Å². The molecule has 0 saturated heterocycles. The fourth-order valence-corrected chi connectivity index (χ4v) is 9.72. The quantitative estimate of drug-likeness (QED) is 0.143. The van der Waals surface area contributed by atoms with E-state index in [2.05, 4.69) is 9.97 Å². The Hall–Kier alpha value is -5.61. The Morgan fingerprint density at radius 1 is 0.982 bits per heavy atom. The number of nitrogen functional groups attached to an aromatic ring is 1.